The molecular formula is C14H14F3N3O2S. The van der Waals surface area contributed by atoms with E-state index in [4.69, 9.17) is 4.74 Å². The zero-order valence-corrected chi connectivity index (χ0v) is 13.1. The molecule has 23 heavy (non-hydrogen) atoms. The fourth-order valence-electron chi connectivity index (χ4n) is 2.65. The monoisotopic (exact) mass is 345 g/mol. The van der Waals surface area contributed by atoms with Crippen LogP contribution in [-0.4, -0.2) is 27.3 Å². The molecule has 2 heterocycles. The lowest BCUT2D eigenvalue weighted by Crippen LogP contribution is -2.11. The Balaban J connectivity index is 2.03. The van der Waals surface area contributed by atoms with E-state index in [9.17, 15) is 18.0 Å². The van der Waals surface area contributed by atoms with Crippen molar-refractivity contribution in [1.29, 1.82) is 0 Å². The van der Waals surface area contributed by atoms with E-state index in [1.807, 2.05) is 0 Å². The van der Waals surface area contributed by atoms with Gasteiger partial charge in [-0.1, -0.05) is 0 Å². The van der Waals surface area contributed by atoms with Crippen molar-refractivity contribution < 1.29 is 22.7 Å². The molecule has 9 heteroatoms. The summed E-state index contributed by atoms with van der Waals surface area (Å²) in [4.78, 5) is 15.7. The van der Waals surface area contributed by atoms with Crippen LogP contribution in [0.25, 0.3) is 5.13 Å². The van der Waals surface area contributed by atoms with E-state index in [1.54, 1.807) is 6.92 Å². The van der Waals surface area contributed by atoms with Crippen LogP contribution in [0.1, 0.15) is 47.2 Å². The summed E-state index contributed by atoms with van der Waals surface area (Å²) < 4.78 is 45.6. The Kier molecular flexibility index (Phi) is 4.13. The number of alkyl halides is 3. The van der Waals surface area contributed by atoms with Crippen LogP contribution in [0.4, 0.5) is 13.2 Å². The van der Waals surface area contributed by atoms with Gasteiger partial charge < -0.3 is 4.74 Å². The average molecular weight is 345 g/mol. The highest BCUT2D eigenvalue weighted by molar-refractivity contribution is 7.12. The van der Waals surface area contributed by atoms with E-state index >= 15 is 0 Å². The molecule has 0 bridgehead atoms. The summed E-state index contributed by atoms with van der Waals surface area (Å²) in [6.07, 6.45) is -2.08. The number of nitrogens with zero attached hydrogens (tertiary/aromatic N) is 3. The fourth-order valence-corrected chi connectivity index (χ4v) is 3.41. The largest absolute Gasteiger partial charge is 0.461 e. The molecule has 1 aliphatic carbocycles. The average Bonchev–Trinajstić information content (AvgIpc) is 3.11. The summed E-state index contributed by atoms with van der Waals surface area (Å²) in [6, 6.07) is 0. The Morgan fingerprint density at radius 1 is 1.39 bits per heavy atom. The molecule has 0 N–H and O–H groups in total. The zero-order chi connectivity index (χ0) is 16.6. The standard InChI is InChI=1S/C14H14F3N3O2S/c1-2-22-12(21)9-7-23-13(18-9)20-10-6-4-3-5-8(10)11(19-20)14(15,16)17/h7H,2-6H2,1H3. The van der Waals surface area contributed by atoms with Crippen LogP contribution in [0.3, 0.4) is 0 Å². The summed E-state index contributed by atoms with van der Waals surface area (Å²) >= 11 is 1.07. The molecule has 0 atom stereocenters. The SMILES string of the molecule is CCOC(=O)c1csc(-n2nc(C(F)(F)F)c3c2CCCC3)n1. The summed E-state index contributed by atoms with van der Waals surface area (Å²) in [5, 5.41) is 5.46. The van der Waals surface area contributed by atoms with Crippen LogP contribution < -0.4 is 0 Å². The normalized spacial score (nSPS) is 14.6. The molecule has 2 aromatic heterocycles. The maximum Gasteiger partial charge on any atom is 0.435 e. The Bertz CT molecular complexity index is 736. The molecule has 124 valence electrons. The van der Waals surface area contributed by atoms with Crippen molar-refractivity contribution in [3.8, 4) is 5.13 Å². The lowest BCUT2D eigenvalue weighted by molar-refractivity contribution is -0.142. The number of hydrogen-bond acceptors (Lipinski definition) is 5. The van der Waals surface area contributed by atoms with E-state index in [-0.39, 0.29) is 23.0 Å². The van der Waals surface area contributed by atoms with E-state index in [1.165, 1.54) is 10.1 Å². The van der Waals surface area contributed by atoms with Crippen molar-refractivity contribution in [2.24, 2.45) is 0 Å². The van der Waals surface area contributed by atoms with Gasteiger partial charge in [0.1, 0.15) is 0 Å². The molecule has 3 rings (SSSR count). The predicted molar refractivity (Wildman–Crippen MR) is 76.8 cm³/mol. The summed E-state index contributed by atoms with van der Waals surface area (Å²) in [5.74, 6) is -0.591. The van der Waals surface area contributed by atoms with Crippen LogP contribution in [-0.2, 0) is 23.8 Å². The van der Waals surface area contributed by atoms with E-state index < -0.39 is 17.8 Å². The molecule has 5 nitrogen and oxygen atoms in total. The zero-order valence-electron chi connectivity index (χ0n) is 12.3. The number of halogens is 3. The van der Waals surface area contributed by atoms with Gasteiger partial charge in [0.25, 0.3) is 0 Å². The second kappa shape index (κ2) is 5.95. The Labute approximate surface area is 134 Å². The molecule has 0 unspecified atom stereocenters. The molecule has 0 saturated carbocycles. The summed E-state index contributed by atoms with van der Waals surface area (Å²) in [6.45, 7) is 1.88. The summed E-state index contributed by atoms with van der Waals surface area (Å²) in [5.41, 5.74) is 0.0190. The summed E-state index contributed by atoms with van der Waals surface area (Å²) in [7, 11) is 0. The molecule has 0 radical (unpaired) electrons. The maximum absolute atomic E-state index is 13.2. The van der Waals surface area contributed by atoms with Crippen molar-refractivity contribution in [2.75, 3.05) is 6.61 Å². The van der Waals surface area contributed by atoms with Gasteiger partial charge in [0.15, 0.2) is 11.4 Å². The van der Waals surface area contributed by atoms with E-state index in [0.29, 0.717) is 25.0 Å². The highest BCUT2D eigenvalue weighted by Gasteiger charge is 2.40. The van der Waals surface area contributed by atoms with Crippen molar-refractivity contribution in [3.63, 3.8) is 0 Å². The number of hydrogen-bond donors (Lipinski definition) is 0. The fraction of sp³-hybridized carbons (Fsp3) is 0.500. The van der Waals surface area contributed by atoms with Crippen LogP contribution in [0.5, 0.6) is 0 Å². The molecule has 0 fully saturated rings. The lowest BCUT2D eigenvalue weighted by atomic mass is 9.95. The van der Waals surface area contributed by atoms with Crippen LogP contribution >= 0.6 is 11.3 Å². The van der Waals surface area contributed by atoms with E-state index in [0.717, 1.165) is 17.8 Å². The second-order valence-corrected chi connectivity index (χ2v) is 5.96. The van der Waals surface area contributed by atoms with Gasteiger partial charge in [0, 0.05) is 10.9 Å². The van der Waals surface area contributed by atoms with Crippen molar-refractivity contribution >= 4 is 17.3 Å². The number of esters is 1. The third-order valence-corrected chi connectivity index (χ3v) is 4.42. The number of ether oxygens (including phenoxy) is 1. The minimum absolute atomic E-state index is 0.0838. The molecule has 1 aliphatic rings. The van der Waals surface area contributed by atoms with E-state index in [2.05, 4.69) is 10.1 Å². The highest BCUT2D eigenvalue weighted by atomic mass is 32.1. The number of carbonyl (C=O) groups is 1. The van der Waals surface area contributed by atoms with Gasteiger partial charge in [-0.25, -0.2) is 14.5 Å². The molecule has 0 amide bonds. The number of carbonyl (C=O) groups excluding carboxylic acids is 1. The van der Waals surface area contributed by atoms with Gasteiger partial charge in [-0.15, -0.1) is 11.3 Å². The lowest BCUT2D eigenvalue weighted by Gasteiger charge is -2.13. The van der Waals surface area contributed by atoms with Crippen LogP contribution in [0, 0.1) is 0 Å². The van der Waals surface area contributed by atoms with Crippen LogP contribution in [0.2, 0.25) is 0 Å². The maximum atomic E-state index is 13.2. The first-order chi connectivity index (χ1) is 10.9. The third kappa shape index (κ3) is 2.97. The minimum atomic E-state index is -4.49. The molecule has 0 spiro atoms. The highest BCUT2D eigenvalue weighted by Crippen LogP contribution is 2.37. The predicted octanol–water partition coefficient (Wildman–Crippen LogP) is 3.40. The Morgan fingerprint density at radius 2 is 2.13 bits per heavy atom. The minimum Gasteiger partial charge on any atom is -0.461 e. The Hall–Kier alpha value is -1.90. The number of aromatic nitrogens is 3. The van der Waals surface area contributed by atoms with Crippen molar-refractivity contribution in [2.45, 2.75) is 38.8 Å². The van der Waals surface area contributed by atoms with Gasteiger partial charge in [-0.3, -0.25) is 0 Å². The molecule has 0 aromatic carbocycles. The van der Waals surface area contributed by atoms with Gasteiger partial charge >= 0.3 is 12.1 Å². The smallest absolute Gasteiger partial charge is 0.435 e. The molecular weight excluding hydrogens is 331 g/mol. The van der Waals surface area contributed by atoms with Gasteiger partial charge in [0.2, 0.25) is 5.13 Å². The third-order valence-electron chi connectivity index (χ3n) is 3.61. The van der Waals surface area contributed by atoms with Crippen molar-refractivity contribution in [3.05, 3.63) is 28.0 Å². The topological polar surface area (TPSA) is 57.0 Å². The van der Waals surface area contributed by atoms with Gasteiger partial charge in [-0.05, 0) is 32.6 Å². The number of rotatable bonds is 3. The van der Waals surface area contributed by atoms with Gasteiger partial charge in [0.05, 0.1) is 12.3 Å². The first kappa shape index (κ1) is 16.0. The second-order valence-electron chi connectivity index (χ2n) is 5.13. The first-order valence-corrected chi connectivity index (χ1v) is 8.10. The number of fused-ring (bicyclic) bond motifs is 1. The Morgan fingerprint density at radius 3 is 2.83 bits per heavy atom. The molecule has 2 aromatic rings. The van der Waals surface area contributed by atoms with Crippen molar-refractivity contribution in [1.82, 2.24) is 14.8 Å². The molecule has 0 aliphatic heterocycles. The number of thiazole rings is 1. The first-order valence-electron chi connectivity index (χ1n) is 7.22. The van der Waals surface area contributed by atoms with Crippen LogP contribution in [0.15, 0.2) is 5.38 Å². The molecule has 0 saturated heterocycles. The quantitative estimate of drug-likeness (QED) is 0.800. The van der Waals surface area contributed by atoms with Gasteiger partial charge in [-0.2, -0.15) is 18.3 Å².